The fraction of sp³-hybridized carbons (Fsp3) is 0.258. The molecule has 0 spiro atoms. The number of anilines is 2. The molecule has 1 saturated heterocycles. The topological polar surface area (TPSA) is 111 Å². The normalized spacial score (nSPS) is 14.4. The first kappa shape index (κ1) is 31.6. The van der Waals surface area contributed by atoms with Crippen LogP contribution in [0.25, 0.3) is 17.1 Å². The molecule has 0 saturated carbocycles. The Morgan fingerprint density at radius 1 is 1.04 bits per heavy atom. The minimum Gasteiger partial charge on any atom is -0.497 e. The summed E-state index contributed by atoms with van der Waals surface area (Å²) in [5, 5.41) is 7.57. The van der Waals surface area contributed by atoms with Crippen molar-refractivity contribution in [3.8, 4) is 28.6 Å². The number of aromatic nitrogens is 3. The smallest absolute Gasteiger partial charge is 0.497 e. The fourth-order valence-corrected chi connectivity index (χ4v) is 5.70. The molecule has 10 nitrogen and oxygen atoms in total. The molecule has 3 amide bonds. The maximum atomic E-state index is 13.1. The number of amidine groups is 1. The number of urea groups is 1. The first-order valence-corrected chi connectivity index (χ1v) is 14.7. The number of aryl methyl sites for hydroxylation is 2. The number of amides is 3. The monoisotopic (exact) mass is 638 g/mol. The lowest BCUT2D eigenvalue weighted by molar-refractivity contribution is -0.274. The molecule has 14 heteroatoms. The number of nitrogens with one attached hydrogen (secondary N) is 1. The molecule has 1 aliphatic heterocycles. The first-order valence-electron chi connectivity index (χ1n) is 13.8. The van der Waals surface area contributed by atoms with Gasteiger partial charge in [0.05, 0.1) is 24.2 Å². The van der Waals surface area contributed by atoms with Crippen molar-refractivity contribution >= 4 is 40.2 Å². The quantitative estimate of drug-likeness (QED) is 0.227. The van der Waals surface area contributed by atoms with Gasteiger partial charge in [0.2, 0.25) is 5.91 Å². The van der Waals surface area contributed by atoms with Crippen LogP contribution in [0.3, 0.4) is 0 Å². The molecule has 5 rings (SSSR count). The molecule has 1 N–H and O–H groups in total. The number of methoxy groups -OCH3 is 1. The number of halogens is 3. The molecule has 0 bridgehead atoms. The van der Waals surface area contributed by atoms with Crippen LogP contribution in [-0.4, -0.2) is 51.1 Å². The number of benzene rings is 3. The Balaban J connectivity index is 1.35. The second-order valence-corrected chi connectivity index (χ2v) is 11.4. The first-order chi connectivity index (χ1) is 21.3. The number of nitrogens with zero attached hydrogens (tertiary/aromatic N) is 5. The van der Waals surface area contributed by atoms with Crippen molar-refractivity contribution in [3.63, 3.8) is 0 Å². The number of hydrogen-bond acceptors (Lipinski definition) is 7. The van der Waals surface area contributed by atoms with Gasteiger partial charge in [0.25, 0.3) is 0 Å². The highest BCUT2D eigenvalue weighted by molar-refractivity contribution is 8.15. The van der Waals surface area contributed by atoms with Crippen molar-refractivity contribution in [2.45, 2.75) is 40.0 Å². The molecule has 234 valence electrons. The van der Waals surface area contributed by atoms with Crippen molar-refractivity contribution < 1.29 is 32.2 Å². The van der Waals surface area contributed by atoms with Crippen LogP contribution < -0.4 is 19.7 Å². The average molecular weight is 639 g/mol. The minimum absolute atomic E-state index is 0.113. The molecular weight excluding hydrogens is 609 g/mol. The summed E-state index contributed by atoms with van der Waals surface area (Å²) < 4.78 is 48.1. The minimum atomic E-state index is -4.78. The van der Waals surface area contributed by atoms with Crippen LogP contribution >= 0.6 is 11.8 Å². The summed E-state index contributed by atoms with van der Waals surface area (Å²) in [6.45, 7) is 7.68. The molecule has 45 heavy (non-hydrogen) atoms. The van der Waals surface area contributed by atoms with Crippen LogP contribution in [-0.2, 0) is 4.79 Å². The van der Waals surface area contributed by atoms with Crippen LogP contribution in [0.2, 0.25) is 0 Å². The van der Waals surface area contributed by atoms with Gasteiger partial charge in [-0.05, 0) is 78.9 Å². The van der Waals surface area contributed by atoms with E-state index in [0.29, 0.717) is 34.2 Å². The highest BCUT2D eigenvalue weighted by atomic mass is 32.2. The zero-order chi connectivity index (χ0) is 32.5. The van der Waals surface area contributed by atoms with Gasteiger partial charge in [0, 0.05) is 17.3 Å². The van der Waals surface area contributed by atoms with Gasteiger partial charge in [-0.25, -0.2) is 14.5 Å². The second-order valence-electron chi connectivity index (χ2n) is 10.5. The third-order valence-electron chi connectivity index (χ3n) is 6.91. The lowest BCUT2D eigenvalue weighted by atomic mass is 10.00. The molecule has 2 heterocycles. The SMILES string of the molecule is COc1ccc(C(C)C)c(N2C(=O)CSC2=NC(=O)Nc2c(C)cc(-c3ncn(-c4ccc(OC(F)(F)F)cc4)n3)cc2C)c1. The summed E-state index contributed by atoms with van der Waals surface area (Å²) >= 11 is 1.19. The van der Waals surface area contributed by atoms with E-state index in [2.05, 4.69) is 25.1 Å². The summed E-state index contributed by atoms with van der Waals surface area (Å²) in [5.41, 5.74) is 4.72. The van der Waals surface area contributed by atoms with E-state index in [1.54, 1.807) is 25.3 Å². The lowest BCUT2D eigenvalue weighted by Gasteiger charge is -2.22. The number of alkyl halides is 3. The van der Waals surface area contributed by atoms with Gasteiger partial charge in [-0.2, -0.15) is 4.99 Å². The van der Waals surface area contributed by atoms with Crippen LogP contribution in [0.15, 0.2) is 65.9 Å². The molecule has 1 aliphatic rings. The van der Waals surface area contributed by atoms with Gasteiger partial charge >= 0.3 is 12.4 Å². The van der Waals surface area contributed by atoms with Gasteiger partial charge in [-0.15, -0.1) is 18.3 Å². The summed E-state index contributed by atoms with van der Waals surface area (Å²) in [5.74, 6) is 0.705. The number of carbonyl (C=O) groups excluding carboxylic acids is 2. The van der Waals surface area contributed by atoms with Gasteiger partial charge in [-0.3, -0.25) is 9.69 Å². The predicted octanol–water partition coefficient (Wildman–Crippen LogP) is 7.25. The van der Waals surface area contributed by atoms with Crippen molar-refractivity contribution in [1.82, 2.24) is 14.8 Å². The largest absolute Gasteiger partial charge is 0.573 e. The van der Waals surface area contributed by atoms with Crippen molar-refractivity contribution in [2.24, 2.45) is 4.99 Å². The third-order valence-corrected chi connectivity index (χ3v) is 7.84. The van der Waals surface area contributed by atoms with Crippen molar-refractivity contribution in [2.75, 3.05) is 23.1 Å². The summed E-state index contributed by atoms with van der Waals surface area (Å²) in [6.07, 6.45) is -3.33. The zero-order valence-electron chi connectivity index (χ0n) is 25.0. The Morgan fingerprint density at radius 3 is 2.33 bits per heavy atom. The van der Waals surface area contributed by atoms with Gasteiger partial charge in [0.1, 0.15) is 17.8 Å². The number of thioether (sulfide) groups is 1. The van der Waals surface area contributed by atoms with Gasteiger partial charge in [-0.1, -0.05) is 31.7 Å². The van der Waals surface area contributed by atoms with Crippen LogP contribution in [0.1, 0.15) is 36.5 Å². The fourth-order valence-electron chi connectivity index (χ4n) is 4.85. The van der Waals surface area contributed by atoms with E-state index < -0.39 is 12.4 Å². The lowest BCUT2D eigenvalue weighted by Crippen LogP contribution is -2.31. The second kappa shape index (κ2) is 12.6. The summed E-state index contributed by atoms with van der Waals surface area (Å²) in [6, 6.07) is 13.7. The standard InChI is InChI=1S/C31H29F3N6O4S/c1-17(2)24-11-10-23(43-5)14-25(24)40-26(41)15-45-30(40)37-29(42)36-27-18(3)12-20(13-19(27)4)28-35-16-39(38-28)21-6-8-22(9-7-21)44-31(32,33)34/h6-14,16-17H,15H2,1-5H3,(H,36,42). The average Bonchev–Trinajstić information content (AvgIpc) is 3.61. The summed E-state index contributed by atoms with van der Waals surface area (Å²) in [4.78, 5) is 36.1. The van der Waals surface area contributed by atoms with Gasteiger partial charge in [0.15, 0.2) is 11.0 Å². The Kier molecular flexibility index (Phi) is 8.87. The number of rotatable bonds is 7. The van der Waals surface area contributed by atoms with E-state index in [1.807, 2.05) is 39.8 Å². The van der Waals surface area contributed by atoms with Gasteiger partial charge < -0.3 is 14.8 Å². The Hall–Kier alpha value is -4.85. The zero-order valence-corrected chi connectivity index (χ0v) is 25.8. The van der Waals surface area contributed by atoms with E-state index in [4.69, 9.17) is 4.74 Å². The predicted molar refractivity (Wildman–Crippen MR) is 166 cm³/mol. The molecule has 4 aromatic rings. The number of ether oxygens (including phenoxy) is 2. The maximum Gasteiger partial charge on any atom is 0.573 e. The molecule has 0 atom stereocenters. The van der Waals surface area contributed by atoms with Crippen LogP contribution in [0, 0.1) is 13.8 Å². The van der Waals surface area contributed by atoms with Crippen LogP contribution in [0.5, 0.6) is 11.5 Å². The molecule has 0 aliphatic carbocycles. The number of hydrogen-bond donors (Lipinski definition) is 1. The van der Waals surface area contributed by atoms with E-state index >= 15 is 0 Å². The molecule has 3 aromatic carbocycles. The molecule has 1 fully saturated rings. The Labute approximate surface area is 261 Å². The highest BCUT2D eigenvalue weighted by Gasteiger charge is 2.33. The number of carbonyl (C=O) groups is 2. The Bertz CT molecular complexity index is 1760. The van der Waals surface area contributed by atoms with E-state index in [-0.39, 0.29) is 28.5 Å². The molecule has 0 radical (unpaired) electrons. The summed E-state index contributed by atoms with van der Waals surface area (Å²) in [7, 11) is 1.55. The van der Waals surface area contributed by atoms with Crippen molar-refractivity contribution in [3.05, 3.63) is 77.6 Å². The van der Waals surface area contributed by atoms with E-state index in [1.165, 1.54) is 51.9 Å². The van der Waals surface area contributed by atoms with E-state index in [0.717, 1.165) is 16.7 Å². The van der Waals surface area contributed by atoms with Crippen LogP contribution in [0.4, 0.5) is 29.3 Å². The molecule has 1 aromatic heterocycles. The Morgan fingerprint density at radius 2 is 1.71 bits per heavy atom. The van der Waals surface area contributed by atoms with Crippen molar-refractivity contribution in [1.29, 1.82) is 0 Å². The molecular formula is C31H29F3N6O4S. The molecule has 0 unspecified atom stereocenters. The highest BCUT2D eigenvalue weighted by Crippen LogP contribution is 2.36. The van der Waals surface area contributed by atoms with E-state index in [9.17, 15) is 22.8 Å². The maximum absolute atomic E-state index is 13.1. The third kappa shape index (κ3) is 7.11. The number of aliphatic imine (C=N–C) groups is 1.